The van der Waals surface area contributed by atoms with Crippen LogP contribution in [-0.2, 0) is 6.54 Å². The lowest BCUT2D eigenvalue weighted by Gasteiger charge is -2.14. The molecule has 0 saturated heterocycles. The Morgan fingerprint density at radius 1 is 1.33 bits per heavy atom. The van der Waals surface area contributed by atoms with E-state index in [1.165, 1.54) is 16.8 Å². The van der Waals surface area contributed by atoms with Crippen LogP contribution in [0.15, 0.2) is 41.2 Å². The topological polar surface area (TPSA) is 60.9 Å². The molecule has 2 rings (SSSR count). The molecule has 4 nitrogen and oxygen atoms in total. The fourth-order valence-corrected chi connectivity index (χ4v) is 1.74. The maximum absolute atomic E-state index is 13.5. The first-order chi connectivity index (χ1) is 8.58. The minimum Gasteiger partial charge on any atom is -0.322 e. The van der Waals surface area contributed by atoms with E-state index >= 15 is 0 Å². The molecule has 0 spiro atoms. The Kier molecular flexibility index (Phi) is 3.53. The Bertz CT molecular complexity index is 609. The number of hydrogen-bond acceptors (Lipinski definition) is 3. The van der Waals surface area contributed by atoms with Gasteiger partial charge >= 0.3 is 0 Å². The second-order valence-corrected chi connectivity index (χ2v) is 4.12. The molecule has 0 amide bonds. The highest BCUT2D eigenvalue weighted by molar-refractivity contribution is 5.20. The van der Waals surface area contributed by atoms with Crippen molar-refractivity contribution in [3.05, 3.63) is 63.8 Å². The summed E-state index contributed by atoms with van der Waals surface area (Å²) in [7, 11) is 0. The minimum absolute atomic E-state index is 0.154. The quantitative estimate of drug-likeness (QED) is 0.891. The van der Waals surface area contributed by atoms with Crippen molar-refractivity contribution >= 4 is 0 Å². The van der Waals surface area contributed by atoms with Crippen molar-refractivity contribution in [3.63, 3.8) is 0 Å². The molecule has 1 unspecified atom stereocenters. The largest absolute Gasteiger partial charge is 0.322 e. The first kappa shape index (κ1) is 12.4. The molecule has 1 atom stereocenters. The second-order valence-electron chi connectivity index (χ2n) is 4.12. The average molecular weight is 247 g/mol. The summed E-state index contributed by atoms with van der Waals surface area (Å²) in [5.74, 6) is -0.370. The van der Waals surface area contributed by atoms with Gasteiger partial charge in [-0.3, -0.25) is 4.79 Å². The van der Waals surface area contributed by atoms with Gasteiger partial charge in [0.2, 0.25) is 0 Å². The summed E-state index contributed by atoms with van der Waals surface area (Å²) in [5, 5.41) is 4.07. The zero-order valence-corrected chi connectivity index (χ0v) is 10.0. The lowest BCUT2D eigenvalue weighted by Crippen LogP contribution is -2.29. The van der Waals surface area contributed by atoms with E-state index in [-0.39, 0.29) is 17.9 Å². The van der Waals surface area contributed by atoms with Crippen molar-refractivity contribution in [2.24, 2.45) is 5.73 Å². The molecule has 0 radical (unpaired) electrons. The van der Waals surface area contributed by atoms with Crippen molar-refractivity contribution in [2.75, 3.05) is 0 Å². The zero-order valence-electron chi connectivity index (χ0n) is 10.0. The van der Waals surface area contributed by atoms with Crippen LogP contribution in [0.2, 0.25) is 0 Å². The molecule has 0 aliphatic carbocycles. The molecule has 0 aliphatic heterocycles. The average Bonchev–Trinajstić information content (AvgIpc) is 2.34. The number of aryl methyl sites for hydroxylation is 1. The Morgan fingerprint density at radius 3 is 2.78 bits per heavy atom. The van der Waals surface area contributed by atoms with Crippen LogP contribution in [0.4, 0.5) is 4.39 Å². The zero-order chi connectivity index (χ0) is 13.1. The van der Waals surface area contributed by atoms with Gasteiger partial charge in [0, 0.05) is 11.6 Å². The van der Waals surface area contributed by atoms with Gasteiger partial charge in [-0.15, -0.1) is 0 Å². The van der Waals surface area contributed by atoms with Gasteiger partial charge in [0.1, 0.15) is 5.82 Å². The van der Waals surface area contributed by atoms with Crippen LogP contribution >= 0.6 is 0 Å². The number of nitrogens with two attached hydrogens (primary N) is 1. The molecule has 2 aromatic rings. The summed E-state index contributed by atoms with van der Waals surface area (Å²) >= 11 is 0. The van der Waals surface area contributed by atoms with Crippen LogP contribution < -0.4 is 11.3 Å². The second kappa shape index (κ2) is 5.10. The fraction of sp³-hybridized carbons (Fsp3) is 0.231. The summed E-state index contributed by atoms with van der Waals surface area (Å²) in [6.45, 7) is 1.94. The molecule has 0 fully saturated rings. The molecule has 0 aliphatic rings. The third-order valence-electron chi connectivity index (χ3n) is 2.67. The van der Waals surface area contributed by atoms with E-state index in [2.05, 4.69) is 5.10 Å². The number of aromatic nitrogens is 2. The Morgan fingerprint density at radius 2 is 2.06 bits per heavy atom. The highest BCUT2D eigenvalue weighted by atomic mass is 19.1. The maximum atomic E-state index is 13.5. The third kappa shape index (κ3) is 2.62. The summed E-state index contributed by atoms with van der Waals surface area (Å²) in [6.07, 6.45) is 0. The van der Waals surface area contributed by atoms with Gasteiger partial charge in [-0.2, -0.15) is 5.10 Å². The smallest absolute Gasteiger partial charge is 0.266 e. The number of benzene rings is 1. The third-order valence-corrected chi connectivity index (χ3v) is 2.67. The van der Waals surface area contributed by atoms with Crippen molar-refractivity contribution in [2.45, 2.75) is 19.5 Å². The normalized spacial score (nSPS) is 12.4. The highest BCUT2D eigenvalue weighted by Gasteiger charge is 2.12. The number of rotatable bonds is 3. The lowest BCUT2D eigenvalue weighted by molar-refractivity contribution is 0.481. The van der Waals surface area contributed by atoms with E-state index in [0.29, 0.717) is 5.56 Å². The number of nitrogens with zero attached hydrogens (tertiary/aromatic N) is 2. The van der Waals surface area contributed by atoms with Crippen molar-refractivity contribution in [3.8, 4) is 0 Å². The van der Waals surface area contributed by atoms with Crippen LogP contribution in [0.5, 0.6) is 0 Å². The van der Waals surface area contributed by atoms with E-state index in [4.69, 9.17) is 5.73 Å². The first-order valence-corrected chi connectivity index (χ1v) is 5.62. The maximum Gasteiger partial charge on any atom is 0.266 e. The molecule has 18 heavy (non-hydrogen) atoms. The standard InChI is InChI=1S/C13H14FN3O/c1-9-6-7-13(18)17(16-9)8-12(15)10-4-2-3-5-11(10)14/h2-7,12H,8,15H2,1H3. The predicted molar refractivity (Wildman–Crippen MR) is 66.6 cm³/mol. The molecule has 1 aromatic carbocycles. The molecular formula is C13H14FN3O. The van der Waals surface area contributed by atoms with Crippen LogP contribution in [-0.4, -0.2) is 9.78 Å². The predicted octanol–water partition coefficient (Wildman–Crippen LogP) is 1.39. The first-order valence-electron chi connectivity index (χ1n) is 5.62. The van der Waals surface area contributed by atoms with Crippen molar-refractivity contribution in [1.29, 1.82) is 0 Å². The lowest BCUT2D eigenvalue weighted by atomic mass is 10.1. The van der Waals surface area contributed by atoms with Gasteiger partial charge < -0.3 is 5.73 Å². The molecule has 1 heterocycles. The van der Waals surface area contributed by atoms with Gasteiger partial charge in [-0.05, 0) is 19.1 Å². The Hall–Kier alpha value is -2.01. The highest BCUT2D eigenvalue weighted by Crippen LogP contribution is 2.15. The van der Waals surface area contributed by atoms with Crippen LogP contribution in [0.25, 0.3) is 0 Å². The fourth-order valence-electron chi connectivity index (χ4n) is 1.74. The van der Waals surface area contributed by atoms with Gasteiger partial charge in [0.15, 0.2) is 0 Å². The van der Waals surface area contributed by atoms with Gasteiger partial charge in [-0.25, -0.2) is 9.07 Å². The van der Waals surface area contributed by atoms with Gasteiger partial charge in [0.05, 0.1) is 18.3 Å². The molecule has 5 heteroatoms. The van der Waals surface area contributed by atoms with E-state index in [0.717, 1.165) is 5.69 Å². The summed E-state index contributed by atoms with van der Waals surface area (Å²) in [6, 6.07) is 8.73. The SMILES string of the molecule is Cc1ccc(=O)n(CC(N)c2ccccc2F)n1. The van der Waals surface area contributed by atoms with Crippen LogP contribution in [0.3, 0.4) is 0 Å². The number of hydrogen-bond donors (Lipinski definition) is 1. The summed E-state index contributed by atoms with van der Waals surface area (Å²) in [5.41, 5.74) is 6.76. The summed E-state index contributed by atoms with van der Waals surface area (Å²) < 4.78 is 14.8. The molecule has 0 saturated carbocycles. The Balaban J connectivity index is 2.27. The summed E-state index contributed by atoms with van der Waals surface area (Å²) in [4.78, 5) is 11.6. The molecule has 94 valence electrons. The Labute approximate surface area is 104 Å². The molecular weight excluding hydrogens is 233 g/mol. The van der Waals surface area contributed by atoms with Gasteiger partial charge in [-0.1, -0.05) is 18.2 Å². The molecule has 2 N–H and O–H groups in total. The molecule has 1 aromatic heterocycles. The van der Waals surface area contributed by atoms with Crippen LogP contribution in [0.1, 0.15) is 17.3 Å². The monoisotopic (exact) mass is 247 g/mol. The van der Waals surface area contributed by atoms with Crippen molar-refractivity contribution in [1.82, 2.24) is 9.78 Å². The minimum atomic E-state index is -0.599. The molecule has 0 bridgehead atoms. The van der Waals surface area contributed by atoms with E-state index in [1.807, 2.05) is 0 Å². The van der Waals surface area contributed by atoms with E-state index in [9.17, 15) is 9.18 Å². The van der Waals surface area contributed by atoms with E-state index < -0.39 is 6.04 Å². The number of halogens is 1. The van der Waals surface area contributed by atoms with E-state index in [1.54, 1.807) is 31.2 Å². The van der Waals surface area contributed by atoms with Crippen molar-refractivity contribution < 1.29 is 4.39 Å². The van der Waals surface area contributed by atoms with Crippen LogP contribution in [0, 0.1) is 12.7 Å². The van der Waals surface area contributed by atoms with Gasteiger partial charge in [0.25, 0.3) is 5.56 Å².